The van der Waals surface area contributed by atoms with Gasteiger partial charge in [0, 0.05) is 6.07 Å². The zero-order valence-electron chi connectivity index (χ0n) is 16.9. The Hall–Kier alpha value is -1.74. The van der Waals surface area contributed by atoms with E-state index in [1.54, 1.807) is 0 Å². The molecular formula is C19H28O12. The van der Waals surface area contributed by atoms with Gasteiger partial charge in [0.25, 0.3) is 0 Å². The van der Waals surface area contributed by atoms with Crippen molar-refractivity contribution in [3.05, 3.63) is 18.2 Å². The summed E-state index contributed by atoms with van der Waals surface area (Å²) < 4.78 is 26.8. The van der Waals surface area contributed by atoms with Gasteiger partial charge < -0.3 is 59.4 Å². The fraction of sp³-hybridized carbons (Fsp3) is 0.684. The average Bonchev–Trinajstić information content (AvgIpc) is 2.76. The van der Waals surface area contributed by atoms with Gasteiger partial charge in [-0.1, -0.05) is 0 Å². The lowest BCUT2D eigenvalue weighted by Gasteiger charge is -2.42. The van der Waals surface area contributed by atoms with Crippen molar-refractivity contribution in [3.63, 3.8) is 0 Å². The van der Waals surface area contributed by atoms with Gasteiger partial charge in [-0.25, -0.2) is 0 Å². The first-order valence-corrected chi connectivity index (χ1v) is 9.68. The number of hydrogen-bond donors (Lipinski definition) is 7. The highest BCUT2D eigenvalue weighted by Crippen LogP contribution is 2.32. The molecule has 0 spiro atoms. The maximum absolute atomic E-state index is 10.2. The molecule has 31 heavy (non-hydrogen) atoms. The monoisotopic (exact) mass is 448 g/mol. The van der Waals surface area contributed by atoms with E-state index in [0.717, 1.165) is 0 Å². The predicted octanol–water partition coefficient (Wildman–Crippen LogP) is -2.57. The highest BCUT2D eigenvalue weighted by molar-refractivity contribution is 5.44. The second-order valence-corrected chi connectivity index (χ2v) is 7.48. The molecule has 0 radical (unpaired) electrons. The maximum Gasteiger partial charge on any atom is 0.229 e. The van der Waals surface area contributed by atoms with Gasteiger partial charge in [0.05, 0.1) is 19.8 Å². The Morgan fingerprint density at radius 3 is 2.16 bits per heavy atom. The minimum atomic E-state index is -1.64. The van der Waals surface area contributed by atoms with E-state index in [0.29, 0.717) is 0 Å². The van der Waals surface area contributed by atoms with Crippen LogP contribution in [0.3, 0.4) is 0 Å². The van der Waals surface area contributed by atoms with Gasteiger partial charge in [-0.15, -0.1) is 0 Å². The first-order chi connectivity index (χ1) is 14.6. The highest BCUT2D eigenvalue weighted by atomic mass is 16.7. The van der Waals surface area contributed by atoms with E-state index in [9.17, 15) is 35.7 Å². The molecule has 12 nitrogen and oxygen atoms in total. The van der Waals surface area contributed by atoms with Crippen LogP contribution in [-0.2, 0) is 14.2 Å². The van der Waals surface area contributed by atoms with E-state index in [1.165, 1.54) is 32.2 Å². The number of aromatic hydroxyl groups is 1. The number of hydrogen-bond acceptors (Lipinski definition) is 12. The summed E-state index contributed by atoms with van der Waals surface area (Å²) in [7, 11) is 1.34. The normalized spacial score (nSPS) is 41.0. The fourth-order valence-electron chi connectivity index (χ4n) is 3.36. The second kappa shape index (κ2) is 9.81. The molecule has 2 aliphatic heterocycles. The lowest BCUT2D eigenvalue weighted by molar-refractivity contribution is -0.318. The summed E-state index contributed by atoms with van der Waals surface area (Å²) in [4.78, 5) is 0. The van der Waals surface area contributed by atoms with Gasteiger partial charge in [-0.05, 0) is 19.1 Å². The van der Waals surface area contributed by atoms with Crippen LogP contribution in [0.15, 0.2) is 18.2 Å². The molecule has 0 aliphatic carbocycles. The standard InChI is InChI=1S/C19H28O12/c1-7-12(21)14(23)16(25)18(29-7)28-6-11-13(22)15(24)17(26)19(31-11)30-8-3-4-9(20)10(5-8)27-2/h3-5,7,11-26H,6H2,1-2H3/t7-,11-,12-,13-,14+,15+,16+,17-,18-,19-/m1/s1. The fourth-order valence-corrected chi connectivity index (χ4v) is 3.36. The Kier molecular flexibility index (Phi) is 7.57. The van der Waals surface area contributed by atoms with Crippen molar-refractivity contribution >= 4 is 0 Å². The van der Waals surface area contributed by atoms with Crippen LogP contribution in [0.2, 0.25) is 0 Å². The van der Waals surface area contributed by atoms with Gasteiger partial charge >= 0.3 is 0 Å². The molecule has 3 rings (SSSR count). The van der Waals surface area contributed by atoms with E-state index in [-0.39, 0.29) is 17.2 Å². The largest absolute Gasteiger partial charge is 0.504 e. The molecule has 2 heterocycles. The van der Waals surface area contributed by atoms with Crippen LogP contribution in [0.4, 0.5) is 0 Å². The maximum atomic E-state index is 10.2. The molecule has 0 aromatic heterocycles. The van der Waals surface area contributed by atoms with E-state index >= 15 is 0 Å². The minimum Gasteiger partial charge on any atom is -0.504 e. The molecule has 0 bridgehead atoms. The second-order valence-electron chi connectivity index (χ2n) is 7.48. The molecule has 10 atom stereocenters. The molecule has 7 N–H and O–H groups in total. The number of aliphatic hydroxyl groups is 6. The van der Waals surface area contributed by atoms with E-state index in [4.69, 9.17) is 23.7 Å². The highest BCUT2D eigenvalue weighted by Gasteiger charge is 2.47. The first kappa shape index (κ1) is 23.9. The van der Waals surface area contributed by atoms with E-state index < -0.39 is 68.0 Å². The van der Waals surface area contributed by atoms with Gasteiger partial charge in [0.1, 0.15) is 48.5 Å². The summed E-state index contributed by atoms with van der Waals surface area (Å²) in [6.07, 6.45) is -13.9. The first-order valence-electron chi connectivity index (χ1n) is 9.68. The molecule has 0 saturated carbocycles. The van der Waals surface area contributed by atoms with Gasteiger partial charge in [-0.2, -0.15) is 0 Å². The summed E-state index contributed by atoms with van der Waals surface area (Å²) in [5.41, 5.74) is 0. The van der Waals surface area contributed by atoms with E-state index in [1.807, 2.05) is 0 Å². The number of methoxy groups -OCH3 is 1. The Morgan fingerprint density at radius 1 is 0.839 bits per heavy atom. The van der Waals surface area contributed by atoms with Crippen LogP contribution >= 0.6 is 0 Å². The third-order valence-electron chi connectivity index (χ3n) is 5.31. The quantitative estimate of drug-likeness (QED) is 0.241. The minimum absolute atomic E-state index is 0.113. The molecule has 1 aromatic rings. The molecule has 176 valence electrons. The van der Waals surface area contributed by atoms with Crippen molar-refractivity contribution in [3.8, 4) is 17.2 Å². The lowest BCUT2D eigenvalue weighted by Crippen LogP contribution is -2.61. The molecular weight excluding hydrogens is 420 g/mol. The van der Waals surface area contributed by atoms with Crippen molar-refractivity contribution in [2.75, 3.05) is 13.7 Å². The number of phenolic OH excluding ortho intramolecular Hbond substituents is 1. The van der Waals surface area contributed by atoms with Crippen LogP contribution in [0.5, 0.6) is 17.2 Å². The van der Waals surface area contributed by atoms with Crippen molar-refractivity contribution in [1.82, 2.24) is 0 Å². The number of aliphatic hydroxyl groups excluding tert-OH is 6. The molecule has 2 saturated heterocycles. The average molecular weight is 448 g/mol. The number of phenols is 1. The molecule has 2 fully saturated rings. The smallest absolute Gasteiger partial charge is 0.229 e. The van der Waals surface area contributed by atoms with Crippen LogP contribution in [-0.4, -0.2) is 111 Å². The van der Waals surface area contributed by atoms with Crippen molar-refractivity contribution in [2.24, 2.45) is 0 Å². The van der Waals surface area contributed by atoms with Gasteiger partial charge in [-0.3, -0.25) is 0 Å². The van der Waals surface area contributed by atoms with E-state index in [2.05, 4.69) is 0 Å². The molecule has 0 unspecified atom stereocenters. The number of ether oxygens (including phenoxy) is 5. The zero-order valence-corrected chi connectivity index (χ0v) is 16.9. The predicted molar refractivity (Wildman–Crippen MR) is 100 cm³/mol. The van der Waals surface area contributed by atoms with Crippen LogP contribution in [0, 0.1) is 0 Å². The number of rotatable bonds is 6. The molecule has 12 heteroatoms. The Morgan fingerprint density at radius 2 is 1.48 bits per heavy atom. The summed E-state index contributed by atoms with van der Waals surface area (Å²) in [6.45, 7) is 1.08. The lowest BCUT2D eigenvalue weighted by atomic mass is 9.98. The Bertz CT molecular complexity index is 732. The molecule has 0 amide bonds. The zero-order chi connectivity index (χ0) is 22.9. The summed E-state index contributed by atoms with van der Waals surface area (Å²) in [5.74, 6) is 0.134. The van der Waals surface area contributed by atoms with Crippen molar-refractivity contribution < 1.29 is 59.4 Å². The van der Waals surface area contributed by atoms with Crippen LogP contribution in [0.1, 0.15) is 6.92 Å². The summed E-state index contributed by atoms with van der Waals surface area (Å²) in [5, 5.41) is 69.9. The third-order valence-corrected chi connectivity index (χ3v) is 5.31. The van der Waals surface area contributed by atoms with Crippen LogP contribution in [0.25, 0.3) is 0 Å². The van der Waals surface area contributed by atoms with Crippen LogP contribution < -0.4 is 9.47 Å². The summed E-state index contributed by atoms with van der Waals surface area (Å²) in [6, 6.07) is 4.03. The number of benzene rings is 1. The van der Waals surface area contributed by atoms with Crippen molar-refractivity contribution in [2.45, 2.75) is 68.3 Å². The van der Waals surface area contributed by atoms with Gasteiger partial charge in [0.15, 0.2) is 17.8 Å². The van der Waals surface area contributed by atoms with Gasteiger partial charge in [0.2, 0.25) is 6.29 Å². The topological polar surface area (TPSA) is 188 Å². The Labute approximate surface area is 177 Å². The van der Waals surface area contributed by atoms with Crippen molar-refractivity contribution in [1.29, 1.82) is 0 Å². The Balaban J connectivity index is 1.66. The SMILES string of the molecule is COc1cc(O[C@@H]2O[C@H](CO[C@@H]3O[C@H](C)[C@@H](O)[C@H](O)[C@@H]3O)[C@@H](O)[C@H](O)[C@H]2O)ccc1O. The molecule has 1 aromatic carbocycles. The molecule has 2 aliphatic rings. The summed E-state index contributed by atoms with van der Waals surface area (Å²) >= 11 is 0. The third kappa shape index (κ3) is 5.03.